The Kier molecular flexibility index (Phi) is 3.90. The second-order valence-electron chi connectivity index (χ2n) is 6.92. The largest absolute Gasteiger partial charge is 0.345 e. The Morgan fingerprint density at radius 2 is 2.00 bits per heavy atom. The third kappa shape index (κ3) is 2.46. The summed E-state index contributed by atoms with van der Waals surface area (Å²) in [4.78, 5) is 18.4. The van der Waals surface area contributed by atoms with Crippen LogP contribution in [0.5, 0.6) is 0 Å². The first-order valence-corrected chi connectivity index (χ1v) is 9.82. The van der Waals surface area contributed by atoms with Crippen LogP contribution in [-0.2, 0) is 10.2 Å². The van der Waals surface area contributed by atoms with Gasteiger partial charge in [-0.05, 0) is 18.4 Å². The molecule has 1 saturated heterocycles. The van der Waals surface area contributed by atoms with E-state index in [4.69, 9.17) is 0 Å². The summed E-state index contributed by atoms with van der Waals surface area (Å²) in [6.45, 7) is 2.72. The van der Waals surface area contributed by atoms with Crippen molar-refractivity contribution in [1.29, 1.82) is 0 Å². The van der Waals surface area contributed by atoms with Crippen LogP contribution in [0.3, 0.4) is 0 Å². The number of nitrogens with one attached hydrogen (secondary N) is 2. The summed E-state index contributed by atoms with van der Waals surface area (Å²) in [6, 6.07) is 1.56. The Hall–Kier alpha value is -2.24. The van der Waals surface area contributed by atoms with Gasteiger partial charge in [-0.3, -0.25) is 9.55 Å². The van der Waals surface area contributed by atoms with Gasteiger partial charge >= 0.3 is 5.69 Å². The summed E-state index contributed by atoms with van der Waals surface area (Å²) in [5, 5.41) is 8.93. The molecule has 2 atom stereocenters. The lowest BCUT2D eigenvalue weighted by molar-refractivity contribution is 0.195. The molecular formula is C15H21N7O3S. The zero-order valence-electron chi connectivity index (χ0n) is 14.8. The molecule has 0 saturated carbocycles. The van der Waals surface area contributed by atoms with Gasteiger partial charge in [-0.1, -0.05) is 6.92 Å². The van der Waals surface area contributed by atoms with E-state index in [1.807, 2.05) is 13.0 Å². The third-order valence-electron chi connectivity index (χ3n) is 5.14. The van der Waals surface area contributed by atoms with Crippen molar-refractivity contribution >= 4 is 32.4 Å². The van der Waals surface area contributed by atoms with E-state index >= 15 is 0 Å². The Labute approximate surface area is 150 Å². The van der Waals surface area contributed by atoms with Gasteiger partial charge in [0.1, 0.15) is 5.52 Å². The molecule has 0 amide bonds. The van der Waals surface area contributed by atoms with Gasteiger partial charge < -0.3 is 4.98 Å². The fourth-order valence-corrected chi connectivity index (χ4v) is 4.75. The first-order valence-electron chi connectivity index (χ1n) is 8.42. The number of H-pyrrole nitrogens is 2. The molecule has 4 heterocycles. The van der Waals surface area contributed by atoms with E-state index in [9.17, 15) is 13.2 Å². The fraction of sp³-hybridized carbons (Fsp3) is 0.533. The van der Waals surface area contributed by atoms with Gasteiger partial charge in [0.25, 0.3) is 10.2 Å². The maximum absolute atomic E-state index is 12.7. The van der Waals surface area contributed by atoms with Gasteiger partial charge in [-0.15, -0.1) is 10.2 Å². The van der Waals surface area contributed by atoms with Gasteiger partial charge in [0, 0.05) is 38.8 Å². The van der Waals surface area contributed by atoms with E-state index in [1.165, 1.54) is 22.7 Å². The lowest BCUT2D eigenvalue weighted by atomic mass is 9.94. The van der Waals surface area contributed by atoms with Gasteiger partial charge in [0.05, 0.1) is 6.04 Å². The van der Waals surface area contributed by atoms with E-state index in [0.717, 1.165) is 5.39 Å². The van der Waals surface area contributed by atoms with Crippen molar-refractivity contribution in [3.05, 3.63) is 22.7 Å². The Bertz CT molecular complexity index is 1130. The molecule has 1 aliphatic rings. The average Bonchev–Trinajstić information content (AvgIpc) is 3.18. The van der Waals surface area contributed by atoms with Crippen molar-refractivity contribution < 1.29 is 8.42 Å². The fourth-order valence-electron chi connectivity index (χ4n) is 3.61. The highest BCUT2D eigenvalue weighted by molar-refractivity contribution is 7.86. The average molecular weight is 379 g/mol. The predicted molar refractivity (Wildman–Crippen MR) is 97.0 cm³/mol. The van der Waals surface area contributed by atoms with Crippen molar-refractivity contribution in [1.82, 2.24) is 33.3 Å². The molecule has 140 valence electrons. The molecule has 10 nitrogen and oxygen atoms in total. The van der Waals surface area contributed by atoms with Crippen LogP contribution in [0.2, 0.25) is 0 Å². The zero-order valence-corrected chi connectivity index (χ0v) is 15.6. The number of nitrogens with zero attached hydrogens (tertiary/aromatic N) is 5. The molecule has 0 spiro atoms. The maximum Gasteiger partial charge on any atom is 0.328 e. The monoisotopic (exact) mass is 379 g/mol. The molecule has 3 aromatic rings. The Morgan fingerprint density at radius 1 is 1.27 bits per heavy atom. The van der Waals surface area contributed by atoms with Crippen LogP contribution in [0.4, 0.5) is 0 Å². The molecule has 0 unspecified atom stereocenters. The van der Waals surface area contributed by atoms with Gasteiger partial charge in [-0.25, -0.2) is 4.79 Å². The molecule has 2 N–H and O–H groups in total. The molecule has 11 heteroatoms. The highest BCUT2D eigenvalue weighted by Gasteiger charge is 2.36. The summed E-state index contributed by atoms with van der Waals surface area (Å²) in [5.41, 5.74) is 1.35. The minimum atomic E-state index is -3.54. The third-order valence-corrected chi connectivity index (χ3v) is 7.05. The normalized spacial score (nSPS) is 22.6. The van der Waals surface area contributed by atoms with Gasteiger partial charge in [0.2, 0.25) is 0 Å². The lowest BCUT2D eigenvalue weighted by Crippen LogP contribution is -2.49. The second-order valence-corrected chi connectivity index (χ2v) is 9.06. The van der Waals surface area contributed by atoms with E-state index in [2.05, 4.69) is 20.2 Å². The number of imidazole rings is 1. The van der Waals surface area contributed by atoms with Gasteiger partial charge in [0.15, 0.2) is 11.3 Å². The van der Waals surface area contributed by atoms with E-state index in [0.29, 0.717) is 29.8 Å². The van der Waals surface area contributed by atoms with Crippen LogP contribution in [0.15, 0.2) is 17.1 Å². The van der Waals surface area contributed by atoms with Crippen molar-refractivity contribution in [2.75, 3.05) is 27.2 Å². The SMILES string of the molecule is C[C@@H]1CCN(S(=O)(=O)N(C)C)C[C@@H]1n1c(=O)[nH]c2nnc3[nH]ccc3c21. The number of fused-ring (bicyclic) bond motifs is 3. The molecule has 26 heavy (non-hydrogen) atoms. The number of aromatic amines is 2. The smallest absolute Gasteiger partial charge is 0.328 e. The second kappa shape index (κ2) is 5.89. The molecular weight excluding hydrogens is 358 g/mol. The highest BCUT2D eigenvalue weighted by atomic mass is 32.2. The zero-order chi connectivity index (χ0) is 18.6. The van der Waals surface area contributed by atoms with Crippen LogP contribution in [0.1, 0.15) is 19.4 Å². The number of hydrogen-bond donors (Lipinski definition) is 2. The van der Waals surface area contributed by atoms with E-state index in [-0.39, 0.29) is 24.2 Å². The quantitative estimate of drug-likeness (QED) is 0.678. The number of hydrogen-bond acceptors (Lipinski definition) is 5. The molecule has 0 aromatic carbocycles. The molecule has 4 rings (SSSR count). The lowest BCUT2D eigenvalue weighted by Gasteiger charge is -2.37. The topological polar surface area (TPSA) is 120 Å². The summed E-state index contributed by atoms with van der Waals surface area (Å²) in [5.74, 6) is 0.141. The van der Waals surface area contributed by atoms with Gasteiger partial charge in [-0.2, -0.15) is 17.0 Å². The molecule has 1 fully saturated rings. The Morgan fingerprint density at radius 3 is 2.73 bits per heavy atom. The number of aromatic nitrogens is 5. The first-order chi connectivity index (χ1) is 12.3. The van der Waals surface area contributed by atoms with Crippen molar-refractivity contribution in [3.63, 3.8) is 0 Å². The molecule has 3 aromatic heterocycles. The molecule has 1 aliphatic heterocycles. The van der Waals surface area contributed by atoms with Crippen molar-refractivity contribution in [3.8, 4) is 0 Å². The number of rotatable bonds is 3. The van der Waals surface area contributed by atoms with E-state index < -0.39 is 10.2 Å². The standard InChI is InChI=1S/C15H21N7O3S/c1-9-5-7-21(26(24,25)20(2)3)8-11(9)22-12-10-4-6-16-13(10)18-19-14(12)17-15(22)23/h4,6,9,11H,5,7-8H2,1-3H3,(H,16,18)(H,17,19,23)/t9-,11+/m1/s1. The summed E-state index contributed by atoms with van der Waals surface area (Å²) in [7, 11) is -0.512. The van der Waals surface area contributed by atoms with Crippen molar-refractivity contribution in [2.45, 2.75) is 19.4 Å². The summed E-state index contributed by atoms with van der Waals surface area (Å²) < 4.78 is 29.4. The van der Waals surface area contributed by atoms with Crippen molar-refractivity contribution in [2.24, 2.45) is 5.92 Å². The molecule has 0 aliphatic carbocycles. The van der Waals surface area contributed by atoms with Crippen LogP contribution in [-0.4, -0.2) is 68.9 Å². The van der Waals surface area contributed by atoms with Crippen LogP contribution >= 0.6 is 0 Å². The predicted octanol–water partition coefficient (Wildman–Crippen LogP) is 0.290. The highest BCUT2D eigenvalue weighted by Crippen LogP contribution is 2.32. The Balaban J connectivity index is 1.87. The van der Waals surface area contributed by atoms with Crippen LogP contribution in [0, 0.1) is 5.92 Å². The number of piperidine rings is 1. The minimum absolute atomic E-state index is 0.141. The van der Waals surface area contributed by atoms with Crippen LogP contribution < -0.4 is 5.69 Å². The first kappa shape index (κ1) is 17.2. The minimum Gasteiger partial charge on any atom is -0.345 e. The summed E-state index contributed by atoms with van der Waals surface area (Å²) in [6.07, 6.45) is 2.42. The van der Waals surface area contributed by atoms with Crippen LogP contribution in [0.25, 0.3) is 22.2 Å². The molecule has 0 bridgehead atoms. The maximum atomic E-state index is 12.7. The molecule has 0 radical (unpaired) electrons. The summed E-state index contributed by atoms with van der Waals surface area (Å²) >= 11 is 0. The van der Waals surface area contributed by atoms with E-state index in [1.54, 1.807) is 10.8 Å².